The molecule has 2 nitrogen and oxygen atoms in total. The summed E-state index contributed by atoms with van der Waals surface area (Å²) in [6.07, 6.45) is 5.35. The minimum absolute atomic E-state index is 0. The van der Waals surface area contributed by atoms with Crippen LogP contribution in [0.5, 0.6) is 0 Å². The summed E-state index contributed by atoms with van der Waals surface area (Å²) in [5, 5.41) is 1.32. The van der Waals surface area contributed by atoms with Crippen molar-refractivity contribution in [2.24, 2.45) is 5.92 Å². The molecule has 3 aromatic heterocycles. The lowest BCUT2D eigenvalue weighted by molar-refractivity contribution is 0.509. The molecule has 5 rings (SSSR count). The number of pyridine rings is 1. The molecular weight excluding hydrogens is 374 g/mol. The predicted molar refractivity (Wildman–Crippen MR) is 116 cm³/mol. The summed E-state index contributed by atoms with van der Waals surface area (Å²) < 4.78 is 5.86. The van der Waals surface area contributed by atoms with Crippen molar-refractivity contribution >= 4 is 34.0 Å². The molecule has 0 fully saturated rings. The Kier molecular flexibility index (Phi) is 4.83. The third kappa shape index (κ3) is 2.99. The second-order valence-corrected chi connectivity index (χ2v) is 8.42. The Morgan fingerprint density at radius 2 is 1.93 bits per heavy atom. The van der Waals surface area contributed by atoms with Crippen LogP contribution in [0.3, 0.4) is 0 Å². The fourth-order valence-corrected chi connectivity index (χ4v) is 5.56. The molecule has 1 unspecified atom stereocenters. The summed E-state index contributed by atoms with van der Waals surface area (Å²) in [6.45, 7) is 4.54. The molecule has 0 saturated heterocycles. The quantitative estimate of drug-likeness (QED) is 0.362. The standard InChI is InChI=1S/C23H21NOS.ClH/c1-14-10-11-17-19(13-14)26-23-21(17)20(18-9-6-12-25-18)15(2)22(24-23)16-7-4-3-5-8-16;/h3-9,12,14H,10-11,13H2,1-2H3;1H. The molecule has 0 amide bonds. The Bertz CT molecular complexity index is 1080. The van der Waals surface area contributed by atoms with Gasteiger partial charge in [0, 0.05) is 21.4 Å². The van der Waals surface area contributed by atoms with Gasteiger partial charge in [-0.2, -0.15) is 0 Å². The second-order valence-electron chi connectivity index (χ2n) is 7.34. The van der Waals surface area contributed by atoms with Gasteiger partial charge >= 0.3 is 0 Å². The van der Waals surface area contributed by atoms with Crippen molar-refractivity contribution in [3.05, 3.63) is 64.7 Å². The van der Waals surface area contributed by atoms with Crippen molar-refractivity contribution in [3.8, 4) is 22.6 Å². The topological polar surface area (TPSA) is 26.0 Å². The summed E-state index contributed by atoms with van der Waals surface area (Å²) in [4.78, 5) is 7.79. The van der Waals surface area contributed by atoms with Crippen LogP contribution in [0.1, 0.15) is 29.3 Å². The Morgan fingerprint density at radius 3 is 2.67 bits per heavy atom. The van der Waals surface area contributed by atoms with Gasteiger partial charge in [-0.25, -0.2) is 4.98 Å². The first-order valence-electron chi connectivity index (χ1n) is 9.26. The number of hydrogen-bond donors (Lipinski definition) is 0. The van der Waals surface area contributed by atoms with Gasteiger partial charge in [0.15, 0.2) is 0 Å². The highest BCUT2D eigenvalue weighted by atomic mass is 35.5. The minimum Gasteiger partial charge on any atom is -0.464 e. The number of fused-ring (bicyclic) bond motifs is 3. The lowest BCUT2D eigenvalue weighted by atomic mass is 9.87. The third-order valence-electron chi connectivity index (χ3n) is 5.50. The molecule has 1 aliphatic rings. The molecule has 138 valence electrons. The minimum atomic E-state index is 0. The zero-order chi connectivity index (χ0) is 17.7. The smallest absolute Gasteiger partial charge is 0.134 e. The van der Waals surface area contributed by atoms with E-state index >= 15 is 0 Å². The van der Waals surface area contributed by atoms with E-state index in [2.05, 4.69) is 50.2 Å². The molecule has 1 atom stereocenters. The van der Waals surface area contributed by atoms with E-state index in [1.165, 1.54) is 45.4 Å². The first-order chi connectivity index (χ1) is 12.7. The maximum absolute atomic E-state index is 5.86. The molecule has 0 saturated carbocycles. The molecule has 27 heavy (non-hydrogen) atoms. The number of hydrogen-bond acceptors (Lipinski definition) is 3. The number of thiophene rings is 1. The highest BCUT2D eigenvalue weighted by Gasteiger charge is 2.26. The largest absolute Gasteiger partial charge is 0.464 e. The lowest BCUT2D eigenvalue weighted by Gasteiger charge is -2.19. The lowest BCUT2D eigenvalue weighted by Crippen LogP contribution is -2.08. The van der Waals surface area contributed by atoms with Crippen molar-refractivity contribution in [2.75, 3.05) is 0 Å². The van der Waals surface area contributed by atoms with E-state index in [4.69, 9.17) is 9.40 Å². The van der Waals surface area contributed by atoms with E-state index in [1.54, 1.807) is 6.26 Å². The fourth-order valence-electron chi connectivity index (χ4n) is 4.17. The summed E-state index contributed by atoms with van der Waals surface area (Å²) in [5.41, 5.74) is 6.17. The molecule has 0 aliphatic heterocycles. The molecule has 3 heterocycles. The van der Waals surface area contributed by atoms with Gasteiger partial charge in [0.25, 0.3) is 0 Å². The van der Waals surface area contributed by atoms with Crippen molar-refractivity contribution in [2.45, 2.75) is 33.1 Å². The van der Waals surface area contributed by atoms with E-state index < -0.39 is 0 Å². The Hall–Kier alpha value is -2.10. The Balaban J connectivity index is 0.00000180. The van der Waals surface area contributed by atoms with E-state index in [1.807, 2.05) is 17.4 Å². The molecule has 1 aromatic carbocycles. The maximum atomic E-state index is 5.86. The van der Waals surface area contributed by atoms with Crippen molar-refractivity contribution in [3.63, 3.8) is 0 Å². The van der Waals surface area contributed by atoms with E-state index in [0.29, 0.717) is 0 Å². The number of furan rings is 1. The van der Waals surface area contributed by atoms with Gasteiger partial charge in [-0.1, -0.05) is 37.3 Å². The number of aromatic nitrogens is 1. The molecule has 4 heteroatoms. The summed E-state index contributed by atoms with van der Waals surface area (Å²) >= 11 is 1.88. The zero-order valence-electron chi connectivity index (χ0n) is 15.5. The molecular formula is C23H22ClNOS. The van der Waals surface area contributed by atoms with E-state index in [-0.39, 0.29) is 12.4 Å². The molecule has 1 aliphatic carbocycles. The van der Waals surface area contributed by atoms with Crippen molar-refractivity contribution in [1.82, 2.24) is 4.98 Å². The number of rotatable bonds is 2. The van der Waals surface area contributed by atoms with Gasteiger partial charge < -0.3 is 4.42 Å². The Labute approximate surface area is 169 Å². The van der Waals surface area contributed by atoms with Crippen LogP contribution in [0.25, 0.3) is 32.8 Å². The molecule has 4 aromatic rings. The molecule has 0 N–H and O–H groups in total. The highest BCUT2D eigenvalue weighted by Crippen LogP contribution is 2.45. The average Bonchev–Trinajstić information content (AvgIpc) is 3.29. The number of benzene rings is 1. The van der Waals surface area contributed by atoms with E-state index in [9.17, 15) is 0 Å². The van der Waals surface area contributed by atoms with Crippen LogP contribution in [-0.2, 0) is 12.8 Å². The first kappa shape index (κ1) is 18.3. The normalized spacial score (nSPS) is 16.1. The van der Waals surface area contributed by atoms with Crippen LogP contribution < -0.4 is 0 Å². The fraction of sp³-hybridized carbons (Fsp3) is 0.261. The van der Waals surface area contributed by atoms with Gasteiger partial charge in [0.1, 0.15) is 10.6 Å². The van der Waals surface area contributed by atoms with Crippen LogP contribution in [0, 0.1) is 12.8 Å². The average molecular weight is 396 g/mol. The molecule has 0 spiro atoms. The van der Waals surface area contributed by atoms with Crippen LogP contribution in [0.2, 0.25) is 0 Å². The highest BCUT2D eigenvalue weighted by molar-refractivity contribution is 7.19. The van der Waals surface area contributed by atoms with Gasteiger partial charge in [0.2, 0.25) is 0 Å². The van der Waals surface area contributed by atoms with Gasteiger partial charge in [-0.15, -0.1) is 23.7 Å². The van der Waals surface area contributed by atoms with Crippen LogP contribution in [0.4, 0.5) is 0 Å². The third-order valence-corrected chi connectivity index (χ3v) is 6.65. The Morgan fingerprint density at radius 1 is 1.11 bits per heavy atom. The summed E-state index contributed by atoms with van der Waals surface area (Å²) in [5.74, 6) is 1.71. The number of aryl methyl sites for hydroxylation is 1. The van der Waals surface area contributed by atoms with E-state index in [0.717, 1.165) is 28.6 Å². The summed E-state index contributed by atoms with van der Waals surface area (Å²) in [6, 6.07) is 14.5. The first-order valence-corrected chi connectivity index (χ1v) is 10.1. The molecule has 0 bridgehead atoms. The second kappa shape index (κ2) is 7.14. The SMILES string of the molecule is Cc1c(-c2ccccc2)nc2sc3c(c2c1-c1ccco1)CCC(C)C3.Cl. The predicted octanol–water partition coefficient (Wildman–Crippen LogP) is 7.08. The van der Waals surface area contributed by atoms with Crippen molar-refractivity contribution < 1.29 is 4.42 Å². The van der Waals surface area contributed by atoms with Gasteiger partial charge in [0.05, 0.1) is 12.0 Å². The summed E-state index contributed by atoms with van der Waals surface area (Å²) in [7, 11) is 0. The van der Waals surface area contributed by atoms with Gasteiger partial charge in [-0.05, 0) is 55.4 Å². The number of halogens is 1. The zero-order valence-corrected chi connectivity index (χ0v) is 17.1. The van der Waals surface area contributed by atoms with Crippen LogP contribution in [-0.4, -0.2) is 4.98 Å². The monoisotopic (exact) mass is 395 g/mol. The van der Waals surface area contributed by atoms with Crippen molar-refractivity contribution in [1.29, 1.82) is 0 Å². The maximum Gasteiger partial charge on any atom is 0.134 e. The number of nitrogens with zero attached hydrogens (tertiary/aromatic N) is 1. The van der Waals surface area contributed by atoms with Crippen LogP contribution >= 0.6 is 23.7 Å². The molecule has 0 radical (unpaired) electrons. The van der Waals surface area contributed by atoms with Crippen LogP contribution in [0.15, 0.2) is 53.1 Å². The van der Waals surface area contributed by atoms with Gasteiger partial charge in [-0.3, -0.25) is 0 Å².